The quantitative estimate of drug-likeness (QED) is 0.843. The fraction of sp³-hybridized carbons (Fsp3) is 0.462. The second-order valence-corrected chi connectivity index (χ2v) is 6.02. The third kappa shape index (κ3) is 1.58. The van der Waals surface area contributed by atoms with Gasteiger partial charge in [-0.2, -0.15) is 0 Å². The van der Waals surface area contributed by atoms with Crippen molar-refractivity contribution in [3.63, 3.8) is 0 Å². The smallest absolute Gasteiger partial charge is 0.221 e. The highest BCUT2D eigenvalue weighted by Crippen LogP contribution is 2.44. The summed E-state index contributed by atoms with van der Waals surface area (Å²) in [4.78, 5) is 11.6. The van der Waals surface area contributed by atoms with E-state index >= 15 is 0 Å². The van der Waals surface area contributed by atoms with Crippen molar-refractivity contribution < 1.29 is 4.79 Å². The summed E-state index contributed by atoms with van der Waals surface area (Å²) < 4.78 is 1.07. The van der Waals surface area contributed by atoms with Gasteiger partial charge in [0, 0.05) is 21.8 Å². The number of hydrogen-bond acceptors (Lipinski definition) is 1. The Balaban J connectivity index is 2.55. The summed E-state index contributed by atoms with van der Waals surface area (Å²) in [6.45, 7) is 6.31. The van der Waals surface area contributed by atoms with Crippen molar-refractivity contribution in [1.82, 2.24) is 5.32 Å². The number of amides is 1. The van der Waals surface area contributed by atoms with Gasteiger partial charge in [0.2, 0.25) is 5.91 Å². The van der Waals surface area contributed by atoms with Gasteiger partial charge in [0.05, 0.1) is 0 Å². The molecule has 2 nitrogen and oxygen atoms in total. The topological polar surface area (TPSA) is 29.1 Å². The molecule has 1 aromatic rings. The van der Waals surface area contributed by atoms with Gasteiger partial charge in [-0.25, -0.2) is 0 Å². The van der Waals surface area contributed by atoms with Gasteiger partial charge < -0.3 is 5.32 Å². The molecular weight excluding hydrogens is 266 g/mol. The number of hydrogen-bond donors (Lipinski definition) is 1. The lowest BCUT2D eigenvalue weighted by Gasteiger charge is -2.38. The van der Waals surface area contributed by atoms with Crippen LogP contribution in [0.25, 0.3) is 0 Å². The molecule has 1 aliphatic rings. The zero-order valence-electron chi connectivity index (χ0n) is 9.80. The monoisotopic (exact) mass is 281 g/mol. The SMILES string of the molecule is CC1(C)NC(=O)CC1(C)c1ccccc1Br. The Kier molecular flexibility index (Phi) is 2.61. The van der Waals surface area contributed by atoms with Crippen molar-refractivity contribution in [2.24, 2.45) is 0 Å². The first kappa shape index (κ1) is 11.6. The summed E-state index contributed by atoms with van der Waals surface area (Å²) in [5, 5.41) is 3.05. The molecule has 1 amide bonds. The van der Waals surface area contributed by atoms with Crippen LogP contribution in [0.3, 0.4) is 0 Å². The van der Waals surface area contributed by atoms with E-state index in [2.05, 4.69) is 48.1 Å². The molecule has 1 aromatic carbocycles. The van der Waals surface area contributed by atoms with Crippen LogP contribution in [0, 0.1) is 0 Å². The van der Waals surface area contributed by atoms with Crippen molar-refractivity contribution in [3.8, 4) is 0 Å². The van der Waals surface area contributed by atoms with Crippen LogP contribution in [0.4, 0.5) is 0 Å². The molecule has 1 heterocycles. The Morgan fingerprint density at radius 1 is 1.25 bits per heavy atom. The normalized spacial score (nSPS) is 27.9. The predicted octanol–water partition coefficient (Wildman–Crippen LogP) is 3.01. The van der Waals surface area contributed by atoms with Crippen molar-refractivity contribution in [2.45, 2.75) is 38.1 Å². The maximum absolute atomic E-state index is 11.6. The summed E-state index contributed by atoms with van der Waals surface area (Å²) in [7, 11) is 0. The molecule has 1 saturated heterocycles. The first-order chi connectivity index (χ1) is 7.37. The summed E-state index contributed by atoms with van der Waals surface area (Å²) in [5.74, 6) is 0.128. The van der Waals surface area contributed by atoms with E-state index in [0.717, 1.165) is 4.47 Å². The lowest BCUT2D eigenvalue weighted by Crippen LogP contribution is -2.48. The van der Waals surface area contributed by atoms with E-state index in [9.17, 15) is 4.79 Å². The number of rotatable bonds is 1. The maximum Gasteiger partial charge on any atom is 0.221 e. The second kappa shape index (κ2) is 3.59. The molecule has 3 heteroatoms. The molecule has 1 atom stereocenters. The van der Waals surface area contributed by atoms with Gasteiger partial charge in [-0.05, 0) is 25.5 Å². The molecule has 1 fully saturated rings. The van der Waals surface area contributed by atoms with E-state index in [1.54, 1.807) is 0 Å². The molecule has 1 unspecified atom stereocenters. The number of carbonyl (C=O) groups is 1. The van der Waals surface area contributed by atoms with E-state index in [1.165, 1.54) is 5.56 Å². The fourth-order valence-electron chi connectivity index (χ4n) is 2.41. The van der Waals surface area contributed by atoms with Gasteiger partial charge in [0.1, 0.15) is 0 Å². The molecule has 16 heavy (non-hydrogen) atoms. The van der Waals surface area contributed by atoms with Gasteiger partial charge in [-0.3, -0.25) is 4.79 Å². The molecule has 1 N–H and O–H groups in total. The third-order valence-electron chi connectivity index (χ3n) is 3.81. The van der Waals surface area contributed by atoms with Crippen LogP contribution in [0.1, 0.15) is 32.8 Å². The van der Waals surface area contributed by atoms with Gasteiger partial charge >= 0.3 is 0 Å². The Morgan fingerprint density at radius 2 is 1.88 bits per heavy atom. The third-order valence-corrected chi connectivity index (χ3v) is 4.51. The zero-order chi connectivity index (χ0) is 12.0. The number of nitrogens with one attached hydrogen (secondary N) is 1. The molecule has 0 spiro atoms. The van der Waals surface area contributed by atoms with Crippen LogP contribution in [-0.4, -0.2) is 11.4 Å². The summed E-state index contributed by atoms with van der Waals surface area (Å²) >= 11 is 3.57. The summed E-state index contributed by atoms with van der Waals surface area (Å²) in [6, 6.07) is 8.13. The standard InChI is InChI=1S/C13H16BrNO/c1-12(2)13(3,8-11(16)15-12)9-6-4-5-7-10(9)14/h4-7H,8H2,1-3H3,(H,15,16). The van der Waals surface area contributed by atoms with Crippen LogP contribution in [-0.2, 0) is 10.2 Å². The minimum Gasteiger partial charge on any atom is -0.350 e. The van der Waals surface area contributed by atoms with Crippen LogP contribution in [0.2, 0.25) is 0 Å². The molecule has 0 bridgehead atoms. The van der Waals surface area contributed by atoms with E-state index in [0.29, 0.717) is 6.42 Å². The van der Waals surface area contributed by atoms with Gasteiger partial charge in [-0.1, -0.05) is 41.1 Å². The zero-order valence-corrected chi connectivity index (χ0v) is 11.4. The number of halogens is 1. The van der Waals surface area contributed by atoms with E-state index in [1.807, 2.05) is 18.2 Å². The second-order valence-electron chi connectivity index (χ2n) is 5.16. The van der Waals surface area contributed by atoms with Crippen molar-refractivity contribution >= 4 is 21.8 Å². The first-order valence-electron chi connectivity index (χ1n) is 5.43. The molecular formula is C13H16BrNO. The largest absolute Gasteiger partial charge is 0.350 e. The highest BCUT2D eigenvalue weighted by molar-refractivity contribution is 9.10. The highest BCUT2D eigenvalue weighted by atomic mass is 79.9. The fourth-order valence-corrected chi connectivity index (χ4v) is 3.14. The minimum absolute atomic E-state index is 0.128. The molecule has 1 aliphatic heterocycles. The number of carbonyl (C=O) groups excluding carboxylic acids is 1. The van der Waals surface area contributed by atoms with Crippen LogP contribution in [0.15, 0.2) is 28.7 Å². The summed E-state index contributed by atoms with van der Waals surface area (Å²) in [5.41, 5.74) is 0.816. The highest BCUT2D eigenvalue weighted by Gasteiger charge is 2.50. The average Bonchev–Trinajstić information content (AvgIpc) is 2.36. The average molecular weight is 282 g/mol. The Hall–Kier alpha value is -0.830. The molecule has 0 saturated carbocycles. The maximum atomic E-state index is 11.6. The Labute approximate surface area is 105 Å². The van der Waals surface area contributed by atoms with E-state index in [4.69, 9.17) is 0 Å². The lowest BCUT2D eigenvalue weighted by molar-refractivity contribution is -0.119. The lowest BCUT2D eigenvalue weighted by atomic mass is 9.69. The molecule has 0 radical (unpaired) electrons. The van der Waals surface area contributed by atoms with Crippen molar-refractivity contribution in [1.29, 1.82) is 0 Å². The van der Waals surface area contributed by atoms with Gasteiger partial charge in [0.25, 0.3) is 0 Å². The Bertz CT molecular complexity index is 441. The number of benzene rings is 1. The van der Waals surface area contributed by atoms with Crippen LogP contribution in [0.5, 0.6) is 0 Å². The predicted molar refractivity (Wildman–Crippen MR) is 68.3 cm³/mol. The van der Waals surface area contributed by atoms with Gasteiger partial charge in [-0.15, -0.1) is 0 Å². The van der Waals surface area contributed by atoms with Gasteiger partial charge in [0.15, 0.2) is 0 Å². The van der Waals surface area contributed by atoms with E-state index < -0.39 is 0 Å². The molecule has 2 rings (SSSR count). The Morgan fingerprint density at radius 3 is 2.38 bits per heavy atom. The first-order valence-corrected chi connectivity index (χ1v) is 6.22. The van der Waals surface area contributed by atoms with Crippen LogP contribution < -0.4 is 5.32 Å². The van der Waals surface area contributed by atoms with E-state index in [-0.39, 0.29) is 16.9 Å². The molecule has 86 valence electrons. The summed E-state index contributed by atoms with van der Waals surface area (Å²) in [6.07, 6.45) is 0.544. The minimum atomic E-state index is -0.214. The van der Waals surface area contributed by atoms with Crippen molar-refractivity contribution in [3.05, 3.63) is 34.3 Å². The van der Waals surface area contributed by atoms with Crippen molar-refractivity contribution in [2.75, 3.05) is 0 Å². The molecule has 0 aliphatic carbocycles. The van der Waals surface area contributed by atoms with Crippen LogP contribution >= 0.6 is 15.9 Å². The molecule has 0 aromatic heterocycles.